The van der Waals surface area contributed by atoms with Crippen molar-refractivity contribution in [2.45, 2.75) is 45.3 Å². The Kier molecular flexibility index (Phi) is 8.44. The Hall–Kier alpha value is -0.460. The molecule has 0 spiro atoms. The first-order valence-electron chi connectivity index (χ1n) is 7.60. The summed E-state index contributed by atoms with van der Waals surface area (Å²) in [4.78, 5) is 5.08. The summed E-state index contributed by atoms with van der Waals surface area (Å²) in [7, 11) is 3.48. The predicted molar refractivity (Wildman–Crippen MR) is 90.0 cm³/mol. The zero-order valence-corrected chi connectivity index (χ0v) is 14.8. The molecular weight excluding hydrogens is 284 g/mol. The maximum atomic E-state index is 6.45. The summed E-state index contributed by atoms with van der Waals surface area (Å²) < 4.78 is 10.6. The summed E-state index contributed by atoms with van der Waals surface area (Å²) >= 11 is 1.83. The quantitative estimate of drug-likeness (QED) is 0.721. The van der Waals surface area contributed by atoms with E-state index >= 15 is 0 Å². The summed E-state index contributed by atoms with van der Waals surface area (Å²) in [6, 6.07) is 5.01. The minimum absolute atomic E-state index is 0.110. The largest absolute Gasteiger partial charge is 0.383 e. The third-order valence-electron chi connectivity index (χ3n) is 3.81. The molecule has 4 nitrogen and oxygen atoms in total. The average Bonchev–Trinajstić information content (AvgIpc) is 2.88. The number of nitrogens with zero attached hydrogens (tertiary/aromatic N) is 1. The van der Waals surface area contributed by atoms with Crippen LogP contribution in [0, 0.1) is 6.92 Å². The van der Waals surface area contributed by atoms with Crippen molar-refractivity contribution in [2.75, 3.05) is 34.0 Å². The molecule has 1 rings (SSSR count). The molecule has 5 heteroatoms. The van der Waals surface area contributed by atoms with Crippen LogP contribution in [0.4, 0.5) is 0 Å². The van der Waals surface area contributed by atoms with Crippen LogP contribution in [0.15, 0.2) is 12.1 Å². The van der Waals surface area contributed by atoms with E-state index < -0.39 is 0 Å². The molecule has 1 aromatic heterocycles. The number of thiophene rings is 1. The van der Waals surface area contributed by atoms with E-state index in [1.165, 1.54) is 9.75 Å². The SMILES string of the molecule is CCC(N)C(c1ccc(C)s1)N(CCOC)C(C)COC. The fourth-order valence-electron chi connectivity index (χ4n) is 2.62. The molecule has 0 fully saturated rings. The van der Waals surface area contributed by atoms with E-state index in [0.29, 0.717) is 19.3 Å². The number of hydrogen-bond donors (Lipinski definition) is 1. The van der Waals surface area contributed by atoms with E-state index in [-0.39, 0.29) is 12.1 Å². The van der Waals surface area contributed by atoms with Crippen LogP contribution >= 0.6 is 11.3 Å². The Bertz CT molecular complexity index is 397. The van der Waals surface area contributed by atoms with Crippen molar-refractivity contribution in [1.82, 2.24) is 4.90 Å². The number of hydrogen-bond acceptors (Lipinski definition) is 5. The Morgan fingerprint density at radius 1 is 1.29 bits per heavy atom. The topological polar surface area (TPSA) is 47.7 Å². The molecule has 122 valence electrons. The molecule has 0 aromatic carbocycles. The molecule has 1 heterocycles. The maximum Gasteiger partial charge on any atom is 0.0615 e. The van der Waals surface area contributed by atoms with Gasteiger partial charge in [0.2, 0.25) is 0 Å². The van der Waals surface area contributed by atoms with E-state index in [9.17, 15) is 0 Å². The molecule has 0 aliphatic heterocycles. The normalized spacial score (nSPS) is 16.1. The van der Waals surface area contributed by atoms with Gasteiger partial charge in [-0.05, 0) is 32.4 Å². The minimum atomic E-state index is 0.110. The van der Waals surface area contributed by atoms with Gasteiger partial charge < -0.3 is 15.2 Å². The molecule has 3 unspecified atom stereocenters. The van der Waals surface area contributed by atoms with Gasteiger partial charge in [-0.3, -0.25) is 4.90 Å². The van der Waals surface area contributed by atoms with Crippen molar-refractivity contribution in [2.24, 2.45) is 5.73 Å². The van der Waals surface area contributed by atoms with Crippen molar-refractivity contribution in [3.63, 3.8) is 0 Å². The van der Waals surface area contributed by atoms with Gasteiger partial charge in [0.05, 0.1) is 19.3 Å². The first-order valence-corrected chi connectivity index (χ1v) is 8.42. The van der Waals surface area contributed by atoms with Crippen LogP contribution in [0.25, 0.3) is 0 Å². The van der Waals surface area contributed by atoms with Crippen molar-refractivity contribution in [1.29, 1.82) is 0 Å². The van der Waals surface area contributed by atoms with E-state index in [2.05, 4.69) is 37.8 Å². The molecule has 0 aliphatic carbocycles. The van der Waals surface area contributed by atoms with Crippen molar-refractivity contribution in [3.8, 4) is 0 Å². The van der Waals surface area contributed by atoms with Gasteiger partial charge in [0.15, 0.2) is 0 Å². The molecular formula is C16H30N2O2S. The van der Waals surface area contributed by atoms with Crippen LogP contribution in [-0.2, 0) is 9.47 Å². The molecule has 0 saturated carbocycles. The third kappa shape index (κ3) is 5.34. The zero-order chi connectivity index (χ0) is 15.8. The Balaban J connectivity index is 3.03. The summed E-state index contributed by atoms with van der Waals surface area (Å²) in [6.45, 7) is 8.73. The van der Waals surface area contributed by atoms with Crippen molar-refractivity contribution >= 4 is 11.3 Å². The third-order valence-corrected chi connectivity index (χ3v) is 4.89. The molecule has 21 heavy (non-hydrogen) atoms. The standard InChI is InChI=1S/C16H30N2O2S/c1-6-14(17)16(15-8-7-13(3)21-15)18(9-10-19-4)12(2)11-20-5/h7-8,12,14,16H,6,9-11,17H2,1-5H3. The summed E-state index contributed by atoms with van der Waals surface area (Å²) in [5.74, 6) is 0. The van der Waals surface area contributed by atoms with Crippen LogP contribution in [-0.4, -0.2) is 51.0 Å². The lowest BCUT2D eigenvalue weighted by atomic mass is 10.0. The smallest absolute Gasteiger partial charge is 0.0615 e. The second-order valence-corrected chi connectivity index (χ2v) is 6.82. The van der Waals surface area contributed by atoms with Crippen molar-refractivity contribution in [3.05, 3.63) is 21.9 Å². The van der Waals surface area contributed by atoms with Crippen LogP contribution in [0.1, 0.15) is 36.1 Å². The van der Waals surface area contributed by atoms with Crippen LogP contribution in [0.3, 0.4) is 0 Å². The highest BCUT2D eigenvalue weighted by Gasteiger charge is 2.30. The molecule has 0 saturated heterocycles. The van der Waals surface area contributed by atoms with E-state index in [1.807, 2.05) is 11.3 Å². The lowest BCUT2D eigenvalue weighted by molar-refractivity contribution is 0.0389. The van der Waals surface area contributed by atoms with Crippen LogP contribution in [0.5, 0.6) is 0 Å². The summed E-state index contributed by atoms with van der Waals surface area (Å²) in [5.41, 5.74) is 6.45. The van der Waals surface area contributed by atoms with Gasteiger partial charge in [-0.2, -0.15) is 0 Å². The number of methoxy groups -OCH3 is 2. The minimum Gasteiger partial charge on any atom is -0.383 e. The predicted octanol–water partition coefficient (Wildman–Crippen LogP) is 2.82. The number of rotatable bonds is 10. The average molecular weight is 314 g/mol. The Morgan fingerprint density at radius 3 is 2.48 bits per heavy atom. The first-order chi connectivity index (χ1) is 10.0. The highest BCUT2D eigenvalue weighted by Crippen LogP contribution is 2.32. The van der Waals surface area contributed by atoms with E-state index in [1.54, 1.807) is 14.2 Å². The molecule has 0 amide bonds. The summed E-state index contributed by atoms with van der Waals surface area (Å²) in [5, 5.41) is 0. The van der Waals surface area contributed by atoms with Crippen LogP contribution in [0.2, 0.25) is 0 Å². The monoisotopic (exact) mass is 314 g/mol. The van der Waals surface area contributed by atoms with Gasteiger partial charge >= 0.3 is 0 Å². The molecule has 1 aromatic rings. The van der Waals surface area contributed by atoms with E-state index in [0.717, 1.165) is 13.0 Å². The van der Waals surface area contributed by atoms with Gasteiger partial charge in [0.1, 0.15) is 0 Å². The van der Waals surface area contributed by atoms with E-state index in [4.69, 9.17) is 15.2 Å². The number of ether oxygens (including phenoxy) is 2. The first kappa shape index (κ1) is 18.6. The fourth-order valence-corrected chi connectivity index (χ4v) is 3.70. The second kappa shape index (κ2) is 9.54. The summed E-state index contributed by atoms with van der Waals surface area (Å²) in [6.07, 6.45) is 0.949. The molecule has 0 aliphatic rings. The molecule has 2 N–H and O–H groups in total. The van der Waals surface area contributed by atoms with Gasteiger partial charge in [-0.1, -0.05) is 6.92 Å². The lowest BCUT2D eigenvalue weighted by Crippen LogP contribution is -2.47. The van der Waals surface area contributed by atoms with Gasteiger partial charge in [0.25, 0.3) is 0 Å². The fraction of sp³-hybridized carbons (Fsp3) is 0.750. The highest BCUT2D eigenvalue weighted by molar-refractivity contribution is 7.12. The Labute approximate surface area is 133 Å². The zero-order valence-electron chi connectivity index (χ0n) is 14.0. The second-order valence-electron chi connectivity index (χ2n) is 5.50. The van der Waals surface area contributed by atoms with Crippen molar-refractivity contribution < 1.29 is 9.47 Å². The maximum absolute atomic E-state index is 6.45. The van der Waals surface area contributed by atoms with Crippen LogP contribution < -0.4 is 5.73 Å². The molecule has 0 bridgehead atoms. The van der Waals surface area contributed by atoms with Gasteiger partial charge in [0, 0.05) is 42.6 Å². The Morgan fingerprint density at radius 2 is 2.00 bits per heavy atom. The van der Waals surface area contributed by atoms with Gasteiger partial charge in [-0.25, -0.2) is 0 Å². The molecule has 3 atom stereocenters. The lowest BCUT2D eigenvalue weighted by Gasteiger charge is -2.38. The number of aryl methyl sites for hydroxylation is 1. The van der Waals surface area contributed by atoms with Gasteiger partial charge in [-0.15, -0.1) is 11.3 Å². The highest BCUT2D eigenvalue weighted by atomic mass is 32.1. The number of nitrogens with two attached hydrogens (primary N) is 1. The molecule has 0 radical (unpaired) electrons.